The van der Waals surface area contributed by atoms with Gasteiger partial charge in [-0.05, 0) is 28.1 Å². The number of benzene rings is 1. The first-order valence-electron chi connectivity index (χ1n) is 5.83. The number of nitrogens with zero attached hydrogens (tertiary/aromatic N) is 2. The number of hydrogen-bond acceptors (Lipinski definition) is 6. The van der Waals surface area contributed by atoms with Gasteiger partial charge in [-0.3, -0.25) is 24.6 Å². The molecule has 1 aliphatic heterocycles. The number of aliphatic hydroxyl groups excluding tert-OH is 1. The van der Waals surface area contributed by atoms with E-state index in [-0.39, 0.29) is 24.5 Å². The van der Waals surface area contributed by atoms with Gasteiger partial charge < -0.3 is 10.4 Å². The number of nitro benzene ring substituents is 1. The van der Waals surface area contributed by atoms with E-state index in [0.29, 0.717) is 10.2 Å². The van der Waals surface area contributed by atoms with E-state index in [9.17, 15) is 19.7 Å². The largest absolute Gasteiger partial charge is 0.395 e. The average Bonchev–Trinajstić information content (AvgIpc) is 2.69. The van der Waals surface area contributed by atoms with Gasteiger partial charge in [0.15, 0.2) is 0 Å². The minimum absolute atomic E-state index is 0.00469. The van der Waals surface area contributed by atoms with Crippen molar-refractivity contribution in [3.63, 3.8) is 0 Å². The number of nitro groups is 1. The van der Waals surface area contributed by atoms with Gasteiger partial charge in [-0.15, -0.1) is 0 Å². The molecule has 1 aromatic rings. The van der Waals surface area contributed by atoms with Crippen molar-refractivity contribution in [2.45, 2.75) is 0 Å². The van der Waals surface area contributed by atoms with E-state index in [1.807, 2.05) is 0 Å². The number of nitrogens with one attached hydrogen (secondary N) is 1. The van der Waals surface area contributed by atoms with E-state index in [0.717, 1.165) is 11.0 Å². The third kappa shape index (κ3) is 3.09. The van der Waals surface area contributed by atoms with Gasteiger partial charge >= 0.3 is 0 Å². The summed E-state index contributed by atoms with van der Waals surface area (Å²) >= 11 is 3.05. The van der Waals surface area contributed by atoms with Gasteiger partial charge in [0.25, 0.3) is 17.5 Å². The van der Waals surface area contributed by atoms with Gasteiger partial charge in [-0.25, -0.2) is 0 Å². The number of rotatable bonds is 5. The molecule has 1 aromatic carbocycles. The van der Waals surface area contributed by atoms with Crippen LogP contribution in [0, 0.1) is 10.1 Å². The van der Waals surface area contributed by atoms with Gasteiger partial charge in [0.05, 0.1) is 22.5 Å². The van der Waals surface area contributed by atoms with Crippen LogP contribution in [0.5, 0.6) is 0 Å². The van der Waals surface area contributed by atoms with Crippen molar-refractivity contribution in [2.75, 3.05) is 18.5 Å². The van der Waals surface area contributed by atoms with Crippen LogP contribution in [0.1, 0.15) is 0 Å². The average molecular weight is 356 g/mol. The van der Waals surface area contributed by atoms with E-state index < -0.39 is 16.7 Å². The molecule has 21 heavy (non-hydrogen) atoms. The van der Waals surface area contributed by atoms with Crippen LogP contribution in [0.4, 0.5) is 11.4 Å². The Morgan fingerprint density at radius 1 is 1.38 bits per heavy atom. The highest BCUT2D eigenvalue weighted by molar-refractivity contribution is 9.10. The molecule has 0 spiro atoms. The predicted octanol–water partition coefficient (Wildman–Crippen LogP) is 1.01. The third-order valence-corrected chi connectivity index (χ3v) is 3.43. The zero-order valence-corrected chi connectivity index (χ0v) is 12.2. The first-order chi connectivity index (χ1) is 9.93. The molecule has 0 radical (unpaired) electrons. The lowest BCUT2D eigenvalue weighted by Crippen LogP contribution is -2.34. The summed E-state index contributed by atoms with van der Waals surface area (Å²) in [5.74, 6) is -1.12. The fourth-order valence-electron chi connectivity index (χ4n) is 1.80. The van der Waals surface area contributed by atoms with E-state index in [1.54, 1.807) is 0 Å². The number of anilines is 1. The summed E-state index contributed by atoms with van der Waals surface area (Å²) in [6, 6.07) is 4.25. The van der Waals surface area contributed by atoms with E-state index in [2.05, 4.69) is 21.2 Å². The van der Waals surface area contributed by atoms with Crippen molar-refractivity contribution in [3.8, 4) is 0 Å². The van der Waals surface area contributed by atoms with Crippen molar-refractivity contribution >= 4 is 39.1 Å². The molecule has 0 fully saturated rings. The lowest BCUT2D eigenvalue weighted by atomic mass is 10.2. The van der Waals surface area contributed by atoms with Crippen LogP contribution in [0.3, 0.4) is 0 Å². The second-order valence-electron chi connectivity index (χ2n) is 4.12. The zero-order valence-electron chi connectivity index (χ0n) is 10.6. The lowest BCUT2D eigenvalue weighted by Gasteiger charge is -2.13. The number of halogens is 1. The molecule has 0 unspecified atom stereocenters. The van der Waals surface area contributed by atoms with Gasteiger partial charge in [0.2, 0.25) is 0 Å². The predicted molar refractivity (Wildman–Crippen MR) is 76.3 cm³/mol. The first kappa shape index (κ1) is 15.1. The molecule has 110 valence electrons. The maximum Gasteiger partial charge on any atom is 0.285 e. The molecular weight excluding hydrogens is 346 g/mol. The molecular formula is C12H10BrN3O5. The van der Waals surface area contributed by atoms with Gasteiger partial charge in [-0.1, -0.05) is 0 Å². The summed E-state index contributed by atoms with van der Waals surface area (Å²) in [4.78, 5) is 34.6. The molecule has 1 heterocycles. The first-order valence-corrected chi connectivity index (χ1v) is 6.62. The van der Waals surface area contributed by atoms with Crippen LogP contribution in [0.15, 0.2) is 34.4 Å². The summed E-state index contributed by atoms with van der Waals surface area (Å²) in [7, 11) is 0. The zero-order chi connectivity index (χ0) is 15.6. The Labute approximate surface area is 127 Å². The van der Waals surface area contributed by atoms with Crippen LogP contribution in [-0.2, 0) is 9.59 Å². The van der Waals surface area contributed by atoms with Crippen molar-refractivity contribution in [1.82, 2.24) is 4.90 Å². The Bertz CT molecular complexity index is 658. The molecule has 0 saturated carbocycles. The Morgan fingerprint density at radius 3 is 2.71 bits per heavy atom. The van der Waals surface area contributed by atoms with Crippen molar-refractivity contribution in [3.05, 3.63) is 44.6 Å². The molecule has 0 aromatic heterocycles. The SMILES string of the molecule is O=C1C=C(Nc2ccc(Br)c([N+](=O)[O-])c2)C(=O)N1CCO. The third-order valence-electron chi connectivity index (χ3n) is 2.75. The van der Waals surface area contributed by atoms with E-state index in [4.69, 9.17) is 5.11 Å². The summed E-state index contributed by atoms with van der Waals surface area (Å²) in [5, 5.41) is 22.3. The Balaban J connectivity index is 2.22. The second-order valence-corrected chi connectivity index (χ2v) is 4.98. The maximum atomic E-state index is 11.9. The molecule has 0 bridgehead atoms. The highest BCUT2D eigenvalue weighted by Gasteiger charge is 2.30. The summed E-state index contributed by atoms with van der Waals surface area (Å²) in [6.45, 7) is -0.428. The fourth-order valence-corrected chi connectivity index (χ4v) is 2.19. The number of imide groups is 1. The molecule has 0 atom stereocenters. The van der Waals surface area contributed by atoms with Crippen LogP contribution in [0.2, 0.25) is 0 Å². The highest BCUT2D eigenvalue weighted by Crippen LogP contribution is 2.29. The highest BCUT2D eigenvalue weighted by atomic mass is 79.9. The Hall–Kier alpha value is -2.26. The van der Waals surface area contributed by atoms with E-state index in [1.165, 1.54) is 18.2 Å². The van der Waals surface area contributed by atoms with Crippen LogP contribution in [-0.4, -0.2) is 39.9 Å². The van der Waals surface area contributed by atoms with Crippen LogP contribution >= 0.6 is 15.9 Å². The number of hydrogen-bond donors (Lipinski definition) is 2. The standard InChI is InChI=1S/C12H10BrN3O5/c13-8-2-1-7(5-10(8)16(20)21)14-9-6-11(18)15(3-4-17)12(9)19/h1-2,5-6,14,17H,3-4H2. The second kappa shape index (κ2) is 6.02. The smallest absolute Gasteiger partial charge is 0.285 e. The van der Waals surface area contributed by atoms with Crippen molar-refractivity contribution < 1.29 is 19.6 Å². The molecule has 1 aliphatic rings. The maximum absolute atomic E-state index is 11.9. The van der Waals surface area contributed by atoms with Crippen molar-refractivity contribution in [2.24, 2.45) is 0 Å². The lowest BCUT2D eigenvalue weighted by molar-refractivity contribution is -0.385. The van der Waals surface area contributed by atoms with Gasteiger partial charge in [0.1, 0.15) is 5.70 Å². The molecule has 2 amide bonds. The van der Waals surface area contributed by atoms with Crippen LogP contribution in [0.25, 0.3) is 0 Å². The quantitative estimate of drug-likeness (QED) is 0.463. The van der Waals surface area contributed by atoms with Crippen LogP contribution < -0.4 is 5.32 Å². The summed E-state index contributed by atoms with van der Waals surface area (Å²) in [6.07, 6.45) is 1.09. The number of carbonyl (C=O) groups is 2. The molecule has 0 aliphatic carbocycles. The van der Waals surface area contributed by atoms with E-state index >= 15 is 0 Å². The number of carbonyl (C=O) groups excluding carboxylic acids is 2. The molecule has 0 saturated heterocycles. The van der Waals surface area contributed by atoms with Crippen molar-refractivity contribution in [1.29, 1.82) is 0 Å². The molecule has 8 nitrogen and oxygen atoms in total. The Morgan fingerprint density at radius 2 is 2.10 bits per heavy atom. The monoisotopic (exact) mass is 355 g/mol. The molecule has 2 rings (SSSR count). The topological polar surface area (TPSA) is 113 Å². The van der Waals surface area contributed by atoms with Gasteiger partial charge in [0, 0.05) is 17.8 Å². The fraction of sp³-hybridized carbons (Fsp3) is 0.167. The number of β-amino-alcohol motifs (C(OH)–C–C–N with tert-alkyl or cyclic N) is 1. The minimum Gasteiger partial charge on any atom is -0.395 e. The van der Waals surface area contributed by atoms with Gasteiger partial charge in [-0.2, -0.15) is 0 Å². The molecule has 9 heteroatoms. The Kier molecular flexibility index (Phi) is 4.34. The summed E-state index contributed by atoms with van der Waals surface area (Å²) in [5.41, 5.74) is 0.151. The number of amides is 2. The minimum atomic E-state index is -0.584. The number of aliphatic hydroxyl groups is 1. The normalized spacial score (nSPS) is 14.4. The molecule has 2 N–H and O–H groups in total. The summed E-state index contributed by atoms with van der Waals surface area (Å²) < 4.78 is 0.308.